The van der Waals surface area contributed by atoms with Gasteiger partial charge in [0.05, 0.1) is 4.90 Å². The van der Waals surface area contributed by atoms with Gasteiger partial charge < -0.3 is 5.32 Å². The molecule has 0 saturated carbocycles. The minimum atomic E-state index is -3.50. The topological polar surface area (TPSA) is 62.3 Å². The summed E-state index contributed by atoms with van der Waals surface area (Å²) >= 11 is 0. The largest absolute Gasteiger partial charge is 0.316 e. The maximum absolute atomic E-state index is 12.6. The van der Waals surface area contributed by atoms with Crippen molar-refractivity contribution in [1.82, 2.24) is 14.6 Å². The van der Waals surface area contributed by atoms with Crippen molar-refractivity contribution in [3.05, 3.63) is 59.9 Å². The average Bonchev–Trinajstić information content (AvgIpc) is 2.49. The van der Waals surface area contributed by atoms with Gasteiger partial charge in [-0.25, -0.2) is 8.42 Å². The zero-order valence-electron chi connectivity index (χ0n) is 12.2. The predicted octanol–water partition coefficient (Wildman–Crippen LogP) is 1.62. The van der Waals surface area contributed by atoms with Crippen molar-refractivity contribution in [2.24, 2.45) is 0 Å². The molecule has 0 aliphatic rings. The number of hydrogen-bond donors (Lipinski definition) is 1. The average molecular weight is 305 g/mol. The lowest BCUT2D eigenvalue weighted by atomic mass is 10.2. The summed E-state index contributed by atoms with van der Waals surface area (Å²) in [4.78, 5) is 4.31. The normalized spacial score (nSPS) is 11.8. The molecule has 0 radical (unpaired) electrons. The maximum atomic E-state index is 12.6. The van der Waals surface area contributed by atoms with Crippen LogP contribution in [0, 0.1) is 0 Å². The molecule has 1 aromatic heterocycles. The second-order valence-corrected chi connectivity index (χ2v) is 6.84. The van der Waals surface area contributed by atoms with Crippen LogP contribution in [0.2, 0.25) is 0 Å². The van der Waals surface area contributed by atoms with E-state index in [1.165, 1.54) is 4.31 Å². The van der Waals surface area contributed by atoms with Gasteiger partial charge in [-0.3, -0.25) is 4.98 Å². The molecule has 6 heteroatoms. The van der Waals surface area contributed by atoms with Crippen LogP contribution in [0.15, 0.2) is 53.7 Å². The van der Waals surface area contributed by atoms with Crippen molar-refractivity contribution < 1.29 is 8.42 Å². The number of aromatic nitrogens is 1. The summed E-state index contributed by atoms with van der Waals surface area (Å²) in [6.07, 6.45) is 3.34. The van der Waals surface area contributed by atoms with Crippen LogP contribution in [-0.2, 0) is 23.1 Å². The maximum Gasteiger partial charge on any atom is 0.243 e. The van der Waals surface area contributed by atoms with E-state index in [0.717, 1.165) is 11.1 Å². The van der Waals surface area contributed by atoms with Gasteiger partial charge in [-0.2, -0.15) is 4.31 Å². The molecule has 0 bridgehead atoms. The number of nitrogens with one attached hydrogen (secondary N) is 1. The van der Waals surface area contributed by atoms with Crippen LogP contribution in [0.5, 0.6) is 0 Å². The molecule has 0 unspecified atom stereocenters. The van der Waals surface area contributed by atoms with Gasteiger partial charge in [0.2, 0.25) is 10.0 Å². The van der Waals surface area contributed by atoms with E-state index in [4.69, 9.17) is 0 Å². The first-order chi connectivity index (χ1) is 10.0. The van der Waals surface area contributed by atoms with Gasteiger partial charge in [0.15, 0.2) is 0 Å². The first-order valence-electron chi connectivity index (χ1n) is 6.63. The Morgan fingerprint density at radius 3 is 2.62 bits per heavy atom. The molecule has 0 fully saturated rings. The Kier molecular flexibility index (Phi) is 5.06. The van der Waals surface area contributed by atoms with Crippen molar-refractivity contribution in [1.29, 1.82) is 0 Å². The number of rotatable bonds is 6. The molecule has 2 aromatic rings. The second kappa shape index (κ2) is 6.80. The van der Waals surface area contributed by atoms with Crippen molar-refractivity contribution in [2.45, 2.75) is 18.0 Å². The molecular weight excluding hydrogens is 286 g/mol. The van der Waals surface area contributed by atoms with E-state index < -0.39 is 10.0 Å². The molecule has 21 heavy (non-hydrogen) atoms. The number of pyridine rings is 1. The molecule has 1 aromatic carbocycles. The number of nitrogens with zero attached hydrogens (tertiary/aromatic N) is 2. The van der Waals surface area contributed by atoms with Gasteiger partial charge in [-0.1, -0.05) is 18.2 Å². The van der Waals surface area contributed by atoms with Gasteiger partial charge in [-0.15, -0.1) is 0 Å². The Bertz CT molecular complexity index is 687. The van der Waals surface area contributed by atoms with E-state index in [0.29, 0.717) is 18.0 Å². The minimum Gasteiger partial charge on any atom is -0.316 e. The van der Waals surface area contributed by atoms with E-state index in [-0.39, 0.29) is 0 Å². The Hall–Kier alpha value is -1.76. The number of benzene rings is 1. The van der Waals surface area contributed by atoms with Crippen molar-refractivity contribution in [2.75, 3.05) is 14.1 Å². The highest BCUT2D eigenvalue weighted by Crippen LogP contribution is 2.17. The van der Waals surface area contributed by atoms with E-state index in [9.17, 15) is 8.42 Å². The summed E-state index contributed by atoms with van der Waals surface area (Å²) in [6.45, 7) is 0.933. The van der Waals surface area contributed by atoms with Crippen LogP contribution in [0.1, 0.15) is 11.1 Å². The molecular formula is C15H19N3O2S. The van der Waals surface area contributed by atoms with E-state index in [2.05, 4.69) is 10.3 Å². The Labute approximate surface area is 125 Å². The van der Waals surface area contributed by atoms with Crippen molar-refractivity contribution >= 4 is 10.0 Å². The smallest absolute Gasteiger partial charge is 0.243 e. The summed E-state index contributed by atoms with van der Waals surface area (Å²) in [5.41, 5.74) is 1.79. The first-order valence-corrected chi connectivity index (χ1v) is 8.07. The molecule has 2 rings (SSSR count). The molecule has 0 aliphatic heterocycles. The fourth-order valence-electron chi connectivity index (χ4n) is 2.03. The zero-order chi connectivity index (χ0) is 15.3. The monoisotopic (exact) mass is 305 g/mol. The lowest BCUT2D eigenvalue weighted by Crippen LogP contribution is -2.26. The molecule has 1 N–H and O–H groups in total. The summed E-state index contributed by atoms with van der Waals surface area (Å²) in [7, 11) is -0.0947. The van der Waals surface area contributed by atoms with Crippen LogP contribution in [-0.4, -0.2) is 31.8 Å². The van der Waals surface area contributed by atoms with Crippen LogP contribution in [0.25, 0.3) is 0 Å². The summed E-state index contributed by atoms with van der Waals surface area (Å²) in [6, 6.07) is 10.6. The van der Waals surface area contributed by atoms with E-state index in [1.54, 1.807) is 43.7 Å². The third kappa shape index (κ3) is 3.87. The van der Waals surface area contributed by atoms with Crippen LogP contribution < -0.4 is 5.32 Å². The van der Waals surface area contributed by atoms with Crippen LogP contribution in [0.3, 0.4) is 0 Å². The van der Waals surface area contributed by atoms with Gasteiger partial charge >= 0.3 is 0 Å². The summed E-state index contributed by atoms with van der Waals surface area (Å²) in [5, 5.41) is 3.02. The highest BCUT2D eigenvalue weighted by atomic mass is 32.2. The van der Waals surface area contributed by atoms with Gasteiger partial charge in [0, 0.05) is 32.5 Å². The molecule has 112 valence electrons. The Morgan fingerprint density at radius 1 is 1.19 bits per heavy atom. The fraction of sp³-hybridized carbons (Fsp3) is 0.267. The minimum absolute atomic E-state index is 0.298. The lowest BCUT2D eigenvalue weighted by molar-refractivity contribution is 0.466. The molecule has 0 atom stereocenters. The highest BCUT2D eigenvalue weighted by Gasteiger charge is 2.21. The van der Waals surface area contributed by atoms with Crippen LogP contribution in [0.4, 0.5) is 0 Å². The Balaban J connectivity index is 2.22. The van der Waals surface area contributed by atoms with Crippen molar-refractivity contribution in [3.63, 3.8) is 0 Å². The number of hydrogen-bond acceptors (Lipinski definition) is 4. The van der Waals surface area contributed by atoms with E-state index in [1.807, 2.05) is 19.2 Å². The Morgan fingerprint density at radius 2 is 1.95 bits per heavy atom. The molecule has 0 saturated heterocycles. The SMILES string of the molecule is CNCc1cccc(S(=O)(=O)N(C)Cc2cccnc2)c1. The summed E-state index contributed by atoms with van der Waals surface area (Å²) in [5.74, 6) is 0. The van der Waals surface area contributed by atoms with E-state index >= 15 is 0 Å². The quantitative estimate of drug-likeness (QED) is 0.881. The lowest BCUT2D eigenvalue weighted by Gasteiger charge is -2.17. The van der Waals surface area contributed by atoms with Crippen molar-refractivity contribution in [3.8, 4) is 0 Å². The molecule has 1 heterocycles. The molecule has 0 amide bonds. The first kappa shape index (κ1) is 15.6. The highest BCUT2D eigenvalue weighted by molar-refractivity contribution is 7.89. The van der Waals surface area contributed by atoms with Gasteiger partial charge in [0.1, 0.15) is 0 Å². The number of sulfonamides is 1. The molecule has 0 spiro atoms. The predicted molar refractivity (Wildman–Crippen MR) is 82.1 cm³/mol. The van der Waals surface area contributed by atoms with Gasteiger partial charge in [0.25, 0.3) is 0 Å². The molecule has 5 nitrogen and oxygen atoms in total. The molecule has 0 aliphatic carbocycles. The standard InChI is InChI=1S/C15H19N3O2S/c1-16-10-13-5-3-7-15(9-13)21(19,20)18(2)12-14-6-4-8-17-11-14/h3-9,11,16H,10,12H2,1-2H3. The van der Waals surface area contributed by atoms with Gasteiger partial charge in [-0.05, 0) is 36.4 Å². The van der Waals surface area contributed by atoms with Crippen LogP contribution >= 0.6 is 0 Å². The summed E-state index contributed by atoms with van der Waals surface area (Å²) < 4.78 is 26.5. The second-order valence-electron chi connectivity index (χ2n) is 4.80. The third-order valence-corrected chi connectivity index (χ3v) is 4.91. The third-order valence-electron chi connectivity index (χ3n) is 3.12. The fourth-order valence-corrected chi connectivity index (χ4v) is 3.26. The zero-order valence-corrected chi connectivity index (χ0v) is 13.0.